The minimum atomic E-state index is -0.606. The van der Waals surface area contributed by atoms with Gasteiger partial charge in [0.05, 0.1) is 6.04 Å². The second kappa shape index (κ2) is 10.9. The molecular weight excluding hydrogens is 475 g/mol. The van der Waals surface area contributed by atoms with Crippen molar-refractivity contribution < 1.29 is 14.4 Å². The fourth-order valence-electron chi connectivity index (χ4n) is 4.03. The monoisotopic (exact) mass is 506 g/mol. The van der Waals surface area contributed by atoms with Gasteiger partial charge in [-0.1, -0.05) is 19.3 Å². The predicted molar refractivity (Wildman–Crippen MR) is 116 cm³/mol. The number of hydrogen-bond donors (Lipinski definition) is 4. The Bertz CT molecular complexity index is 590. The molecule has 6 N–H and O–H groups in total. The number of carbonyl (C=O) groups is 3. The van der Waals surface area contributed by atoms with Crippen molar-refractivity contribution in [2.45, 2.75) is 75.4 Å². The molecule has 158 valence electrons. The third-order valence-electron chi connectivity index (χ3n) is 5.57. The summed E-state index contributed by atoms with van der Waals surface area (Å²) in [4.78, 5) is 43.0. The Balaban J connectivity index is 1.96. The van der Waals surface area contributed by atoms with E-state index in [2.05, 4.69) is 36.7 Å². The van der Waals surface area contributed by atoms with Crippen LogP contribution in [0.3, 0.4) is 0 Å². The maximum absolute atomic E-state index is 13.3. The maximum Gasteiger partial charge on any atom is 0.244 e. The van der Waals surface area contributed by atoms with Gasteiger partial charge in [-0.3, -0.25) is 14.6 Å². The minimum absolute atomic E-state index is 0.00677. The van der Waals surface area contributed by atoms with Gasteiger partial charge < -0.3 is 26.5 Å². The van der Waals surface area contributed by atoms with Crippen molar-refractivity contribution in [3.8, 4) is 0 Å². The van der Waals surface area contributed by atoms with Crippen LogP contribution in [0, 0.1) is 0 Å². The lowest BCUT2D eigenvalue weighted by molar-refractivity contribution is -0.144. The first-order valence-corrected chi connectivity index (χ1v) is 11.0. The van der Waals surface area contributed by atoms with Gasteiger partial charge in [-0.05, 0) is 38.5 Å². The number of amides is 2. The van der Waals surface area contributed by atoms with Gasteiger partial charge in [-0.25, -0.2) is 3.53 Å². The summed E-state index contributed by atoms with van der Waals surface area (Å²) < 4.78 is 3.21. The number of nitrogens with zero attached hydrogens (tertiary/aromatic N) is 2. The Labute approximate surface area is 179 Å². The van der Waals surface area contributed by atoms with Crippen molar-refractivity contribution in [2.75, 3.05) is 13.1 Å². The zero-order chi connectivity index (χ0) is 20.6. The average Bonchev–Trinajstić information content (AvgIpc) is 3.19. The molecule has 2 rings (SSSR count). The van der Waals surface area contributed by atoms with Crippen LogP contribution in [0.25, 0.3) is 0 Å². The number of rotatable bonds is 9. The summed E-state index contributed by atoms with van der Waals surface area (Å²) >= 11 is 2.06. The molecular formula is C18H31IN6O3. The molecule has 0 aromatic carbocycles. The Hall–Kier alpha value is -1.43. The summed E-state index contributed by atoms with van der Waals surface area (Å²) in [7, 11) is 0. The van der Waals surface area contributed by atoms with Crippen LogP contribution >= 0.6 is 22.9 Å². The summed E-state index contributed by atoms with van der Waals surface area (Å²) in [6, 6.07) is -1.12. The van der Waals surface area contributed by atoms with Crippen LogP contribution in [-0.2, 0) is 14.4 Å². The Morgan fingerprint density at radius 3 is 2.57 bits per heavy atom. The van der Waals surface area contributed by atoms with E-state index in [1.807, 2.05) is 0 Å². The summed E-state index contributed by atoms with van der Waals surface area (Å²) in [5.74, 6) is -0.244. The number of hydrogen-bond acceptors (Lipinski definition) is 5. The number of likely N-dealkylation sites (tertiary alicyclic amines) is 1. The number of halogens is 1. The smallest absolute Gasteiger partial charge is 0.244 e. The number of nitrogens with two attached hydrogens (primary N) is 2. The molecule has 2 fully saturated rings. The zero-order valence-electron chi connectivity index (χ0n) is 16.2. The van der Waals surface area contributed by atoms with Crippen LogP contribution in [0.1, 0.15) is 57.8 Å². The highest BCUT2D eigenvalue weighted by atomic mass is 127. The van der Waals surface area contributed by atoms with Crippen molar-refractivity contribution >= 4 is 46.9 Å². The van der Waals surface area contributed by atoms with E-state index >= 15 is 0 Å². The third kappa shape index (κ3) is 5.79. The number of carbonyl (C=O) groups excluding carboxylic acids is 3. The molecule has 2 atom stereocenters. The predicted octanol–water partition coefficient (Wildman–Crippen LogP) is 0.357. The topological polar surface area (TPSA) is 143 Å². The molecule has 0 bridgehead atoms. The van der Waals surface area contributed by atoms with Crippen molar-refractivity contribution in [3.05, 3.63) is 0 Å². The summed E-state index contributed by atoms with van der Waals surface area (Å²) in [5, 5.41) is 2.78. The molecule has 0 aromatic rings. The first kappa shape index (κ1) is 22.9. The molecule has 1 heterocycles. The second-order valence-corrected chi connectivity index (χ2v) is 8.13. The Kier molecular flexibility index (Phi) is 8.93. The van der Waals surface area contributed by atoms with E-state index in [0.29, 0.717) is 32.4 Å². The van der Waals surface area contributed by atoms with E-state index in [9.17, 15) is 14.4 Å². The lowest BCUT2D eigenvalue weighted by Crippen LogP contribution is -2.59. The summed E-state index contributed by atoms with van der Waals surface area (Å²) in [6.07, 6.45) is 7.91. The van der Waals surface area contributed by atoms with Gasteiger partial charge in [0.2, 0.25) is 11.8 Å². The quantitative estimate of drug-likeness (QED) is 0.0888. The zero-order valence-corrected chi connectivity index (χ0v) is 18.3. The average molecular weight is 506 g/mol. The molecule has 0 unspecified atom stereocenters. The first-order valence-electron chi connectivity index (χ1n) is 9.93. The molecule has 10 heteroatoms. The highest BCUT2D eigenvalue weighted by Gasteiger charge is 2.46. The Morgan fingerprint density at radius 1 is 1.25 bits per heavy atom. The lowest BCUT2D eigenvalue weighted by Gasteiger charge is -2.39. The number of aliphatic imine (C=N–C) groups is 1. The van der Waals surface area contributed by atoms with Gasteiger partial charge in [0.15, 0.2) is 5.96 Å². The number of aldehydes is 1. The first-order chi connectivity index (χ1) is 13.4. The van der Waals surface area contributed by atoms with E-state index < -0.39 is 17.6 Å². The van der Waals surface area contributed by atoms with Gasteiger partial charge in [-0.15, -0.1) is 0 Å². The van der Waals surface area contributed by atoms with Gasteiger partial charge >= 0.3 is 0 Å². The van der Waals surface area contributed by atoms with Crippen molar-refractivity contribution in [1.82, 2.24) is 13.7 Å². The molecule has 2 aliphatic rings. The molecule has 1 saturated carbocycles. The highest BCUT2D eigenvalue weighted by molar-refractivity contribution is 14.1. The van der Waals surface area contributed by atoms with Crippen LogP contribution in [0.15, 0.2) is 4.99 Å². The van der Waals surface area contributed by atoms with E-state index in [1.165, 1.54) is 0 Å². The van der Waals surface area contributed by atoms with Crippen LogP contribution < -0.4 is 20.3 Å². The fraction of sp³-hybridized carbons (Fsp3) is 0.778. The largest absolute Gasteiger partial charge is 0.370 e. The van der Waals surface area contributed by atoms with Crippen LogP contribution in [0.5, 0.6) is 0 Å². The molecule has 1 aliphatic heterocycles. The number of nitrogens with one attached hydrogen (secondary N) is 2. The van der Waals surface area contributed by atoms with Crippen molar-refractivity contribution in [1.29, 1.82) is 0 Å². The molecule has 1 saturated heterocycles. The molecule has 28 heavy (non-hydrogen) atoms. The van der Waals surface area contributed by atoms with Gasteiger partial charge in [0.25, 0.3) is 0 Å². The van der Waals surface area contributed by atoms with Crippen LogP contribution in [-0.4, -0.2) is 59.7 Å². The van der Waals surface area contributed by atoms with Gasteiger partial charge in [0, 0.05) is 36.0 Å². The fourth-order valence-corrected chi connectivity index (χ4v) is 4.80. The van der Waals surface area contributed by atoms with E-state index in [-0.39, 0.29) is 17.8 Å². The SMILES string of the molecule is NC(N)=NCCC[C@@H](C=O)NC(=O)[C@@H]1CCCN1C(=O)C1(NI)CCCCC1. The molecule has 0 spiro atoms. The van der Waals surface area contributed by atoms with Crippen LogP contribution in [0.2, 0.25) is 0 Å². The molecule has 0 radical (unpaired) electrons. The van der Waals surface area contributed by atoms with E-state index in [4.69, 9.17) is 11.5 Å². The summed E-state index contributed by atoms with van der Waals surface area (Å²) in [6.45, 7) is 0.980. The van der Waals surface area contributed by atoms with Crippen LogP contribution in [0.4, 0.5) is 0 Å². The lowest BCUT2D eigenvalue weighted by atomic mass is 9.81. The van der Waals surface area contributed by atoms with Gasteiger partial charge in [-0.2, -0.15) is 0 Å². The molecule has 9 nitrogen and oxygen atoms in total. The summed E-state index contributed by atoms with van der Waals surface area (Å²) in [5.41, 5.74) is 9.98. The van der Waals surface area contributed by atoms with E-state index in [1.54, 1.807) is 4.90 Å². The van der Waals surface area contributed by atoms with Crippen molar-refractivity contribution in [2.24, 2.45) is 16.5 Å². The second-order valence-electron chi connectivity index (χ2n) is 7.59. The molecule has 0 aromatic heterocycles. The minimum Gasteiger partial charge on any atom is -0.370 e. The normalized spacial score (nSPS) is 22.3. The van der Waals surface area contributed by atoms with Gasteiger partial charge in [0.1, 0.15) is 17.9 Å². The number of guanidine groups is 1. The highest BCUT2D eigenvalue weighted by Crippen LogP contribution is 2.33. The maximum atomic E-state index is 13.3. The van der Waals surface area contributed by atoms with Crippen molar-refractivity contribution in [3.63, 3.8) is 0 Å². The third-order valence-corrected chi connectivity index (χ3v) is 6.61. The molecule has 2 amide bonds. The standard InChI is InChI=1S/C18H31IN6O3/c19-24-18(8-2-1-3-9-18)16(28)25-11-5-7-14(25)15(27)23-13(12-26)6-4-10-22-17(20)21/h12-14,24H,1-11H2,(H,23,27)(H4,20,21,22)/t13-,14-/m0/s1. The Morgan fingerprint density at radius 2 is 1.96 bits per heavy atom. The van der Waals surface area contributed by atoms with E-state index in [0.717, 1.165) is 44.8 Å². The molecule has 1 aliphatic carbocycles.